The first-order chi connectivity index (χ1) is 11.3. The van der Waals surface area contributed by atoms with Gasteiger partial charge < -0.3 is 10.2 Å². The van der Waals surface area contributed by atoms with Crippen molar-refractivity contribution < 1.29 is 0 Å². The number of aryl methyl sites for hydroxylation is 1. The van der Waals surface area contributed by atoms with Crippen molar-refractivity contribution in [2.75, 3.05) is 25.0 Å². The van der Waals surface area contributed by atoms with Crippen molar-refractivity contribution in [2.24, 2.45) is 11.8 Å². The molecule has 23 heavy (non-hydrogen) atoms. The predicted octanol–water partition coefficient (Wildman–Crippen LogP) is 4.33. The molecular weight excluding hydrogens is 280 g/mol. The van der Waals surface area contributed by atoms with Gasteiger partial charge in [-0.15, -0.1) is 0 Å². The molecule has 0 aromatic heterocycles. The maximum absolute atomic E-state index is 3.69. The molecule has 1 spiro atoms. The molecule has 0 amide bonds. The highest BCUT2D eigenvalue weighted by atomic mass is 15.2. The van der Waals surface area contributed by atoms with E-state index in [1.54, 1.807) is 5.56 Å². The predicted molar refractivity (Wildman–Crippen MR) is 96.0 cm³/mol. The summed E-state index contributed by atoms with van der Waals surface area (Å²) >= 11 is 0. The third-order valence-corrected chi connectivity index (χ3v) is 7.59. The maximum atomic E-state index is 3.69. The van der Waals surface area contributed by atoms with Gasteiger partial charge in [0.1, 0.15) is 0 Å². The van der Waals surface area contributed by atoms with E-state index in [1.807, 2.05) is 0 Å². The number of hydrogen-bond acceptors (Lipinski definition) is 2. The van der Waals surface area contributed by atoms with E-state index in [9.17, 15) is 0 Å². The molecule has 2 aliphatic heterocycles. The number of nitrogens with zero attached hydrogens (tertiary/aromatic N) is 1. The van der Waals surface area contributed by atoms with E-state index in [0.29, 0.717) is 5.41 Å². The lowest BCUT2D eigenvalue weighted by atomic mass is 9.61. The summed E-state index contributed by atoms with van der Waals surface area (Å²) in [4.78, 5) is 2.87. The minimum absolute atomic E-state index is 0.424. The van der Waals surface area contributed by atoms with Crippen LogP contribution in [0.2, 0.25) is 0 Å². The van der Waals surface area contributed by atoms with E-state index < -0.39 is 0 Å². The van der Waals surface area contributed by atoms with Gasteiger partial charge >= 0.3 is 0 Å². The average Bonchev–Trinajstić information content (AvgIpc) is 2.89. The molecule has 3 atom stereocenters. The van der Waals surface area contributed by atoms with Crippen LogP contribution in [0, 0.1) is 18.8 Å². The molecule has 1 unspecified atom stereocenters. The van der Waals surface area contributed by atoms with Crippen molar-refractivity contribution in [1.82, 2.24) is 4.90 Å². The second-order valence-electron chi connectivity index (χ2n) is 8.73. The summed E-state index contributed by atoms with van der Waals surface area (Å²) in [6.07, 6.45) is 10.2. The number of anilines is 1. The van der Waals surface area contributed by atoms with Crippen LogP contribution in [0.15, 0.2) is 18.2 Å². The summed E-state index contributed by atoms with van der Waals surface area (Å²) in [5.74, 6) is 2.13. The van der Waals surface area contributed by atoms with Crippen molar-refractivity contribution in [3.05, 3.63) is 29.3 Å². The molecule has 1 N–H and O–H groups in total. The van der Waals surface area contributed by atoms with Crippen LogP contribution in [0.3, 0.4) is 0 Å². The number of likely N-dealkylation sites (tertiary alicyclic amines) is 1. The van der Waals surface area contributed by atoms with Crippen molar-refractivity contribution in [1.29, 1.82) is 0 Å². The van der Waals surface area contributed by atoms with Gasteiger partial charge in [-0.05, 0) is 69.2 Å². The largest absolute Gasteiger partial charge is 0.384 e. The average molecular weight is 310 g/mol. The van der Waals surface area contributed by atoms with Crippen molar-refractivity contribution in [3.8, 4) is 0 Å². The number of piperidine rings is 1. The van der Waals surface area contributed by atoms with E-state index in [4.69, 9.17) is 0 Å². The number of fused-ring (bicyclic) bond motifs is 3. The third-order valence-electron chi connectivity index (χ3n) is 7.59. The standard InChI is InChI=1S/C21H30N2/c1-15-6-7-19-18(12-15)21(14-22-19)8-10-23(11-9-21)20-13-16-4-2-3-5-17(16)20/h6-7,12,16-17,20,22H,2-5,8-11,13-14H2,1H3/t16?,17-,20+/m0/s1. The topological polar surface area (TPSA) is 15.3 Å². The zero-order valence-corrected chi connectivity index (χ0v) is 14.5. The summed E-state index contributed by atoms with van der Waals surface area (Å²) < 4.78 is 0. The molecular formula is C21H30N2. The third kappa shape index (κ3) is 2.17. The Bertz CT molecular complexity index is 600. The minimum Gasteiger partial charge on any atom is -0.384 e. The van der Waals surface area contributed by atoms with E-state index in [1.165, 1.54) is 69.3 Å². The normalized spacial score (nSPS) is 35.3. The fourth-order valence-electron chi connectivity index (χ4n) is 6.08. The molecule has 2 saturated carbocycles. The summed E-state index contributed by atoms with van der Waals surface area (Å²) in [5, 5.41) is 3.69. The second-order valence-corrected chi connectivity index (χ2v) is 8.73. The van der Waals surface area contributed by atoms with Gasteiger partial charge in [0.2, 0.25) is 0 Å². The number of hydrogen-bond donors (Lipinski definition) is 1. The summed E-state index contributed by atoms with van der Waals surface area (Å²) in [6.45, 7) is 6.04. The number of rotatable bonds is 1. The molecule has 2 aliphatic carbocycles. The highest BCUT2D eigenvalue weighted by Crippen LogP contribution is 2.50. The van der Waals surface area contributed by atoms with Gasteiger partial charge in [-0.2, -0.15) is 0 Å². The summed E-state index contributed by atoms with van der Waals surface area (Å²) in [6, 6.07) is 7.93. The Morgan fingerprint density at radius 2 is 1.96 bits per heavy atom. The van der Waals surface area contributed by atoms with Crippen molar-refractivity contribution in [2.45, 2.75) is 63.3 Å². The Labute approximate surface area is 140 Å². The van der Waals surface area contributed by atoms with Crippen LogP contribution in [0.5, 0.6) is 0 Å². The van der Waals surface area contributed by atoms with Gasteiger partial charge in [0, 0.05) is 23.7 Å². The molecule has 1 aromatic carbocycles. The van der Waals surface area contributed by atoms with Crippen molar-refractivity contribution >= 4 is 5.69 Å². The molecule has 2 heterocycles. The van der Waals surface area contributed by atoms with Crippen LogP contribution in [-0.2, 0) is 5.41 Å². The van der Waals surface area contributed by atoms with Crippen LogP contribution >= 0.6 is 0 Å². The first-order valence-electron chi connectivity index (χ1n) is 9.84. The molecule has 0 radical (unpaired) electrons. The highest BCUT2D eigenvalue weighted by molar-refractivity contribution is 5.61. The van der Waals surface area contributed by atoms with Gasteiger partial charge in [0.25, 0.3) is 0 Å². The van der Waals surface area contributed by atoms with Crippen LogP contribution in [0.4, 0.5) is 5.69 Å². The Kier molecular flexibility index (Phi) is 3.27. The molecule has 1 saturated heterocycles. The molecule has 0 bridgehead atoms. The summed E-state index contributed by atoms with van der Waals surface area (Å²) in [7, 11) is 0. The van der Waals surface area contributed by atoms with Crippen molar-refractivity contribution in [3.63, 3.8) is 0 Å². The van der Waals surface area contributed by atoms with Crippen LogP contribution in [-0.4, -0.2) is 30.6 Å². The molecule has 2 heteroatoms. The van der Waals surface area contributed by atoms with E-state index in [2.05, 4.69) is 35.3 Å². The van der Waals surface area contributed by atoms with Gasteiger partial charge in [0.05, 0.1) is 0 Å². The van der Waals surface area contributed by atoms with Gasteiger partial charge in [-0.1, -0.05) is 37.0 Å². The van der Waals surface area contributed by atoms with Gasteiger partial charge in [-0.3, -0.25) is 0 Å². The smallest absolute Gasteiger partial charge is 0.0379 e. The molecule has 3 fully saturated rings. The van der Waals surface area contributed by atoms with Crippen LogP contribution in [0.1, 0.15) is 56.1 Å². The zero-order chi connectivity index (χ0) is 15.4. The lowest BCUT2D eigenvalue weighted by Crippen LogP contribution is -2.57. The molecule has 4 aliphatic rings. The molecule has 124 valence electrons. The van der Waals surface area contributed by atoms with E-state index in [0.717, 1.165) is 24.4 Å². The maximum Gasteiger partial charge on any atom is 0.0379 e. The first-order valence-corrected chi connectivity index (χ1v) is 9.84. The quantitative estimate of drug-likeness (QED) is 0.830. The van der Waals surface area contributed by atoms with Crippen LogP contribution in [0.25, 0.3) is 0 Å². The Balaban J connectivity index is 1.30. The Morgan fingerprint density at radius 1 is 1.13 bits per heavy atom. The molecule has 1 aromatic rings. The Morgan fingerprint density at radius 3 is 2.78 bits per heavy atom. The molecule has 2 nitrogen and oxygen atoms in total. The Hall–Kier alpha value is -1.02. The van der Waals surface area contributed by atoms with Gasteiger partial charge in [-0.25, -0.2) is 0 Å². The lowest BCUT2D eigenvalue weighted by molar-refractivity contribution is -0.0378. The van der Waals surface area contributed by atoms with Crippen LogP contribution < -0.4 is 5.32 Å². The van der Waals surface area contributed by atoms with E-state index in [-0.39, 0.29) is 0 Å². The second kappa shape index (κ2) is 5.24. The lowest BCUT2D eigenvalue weighted by Gasteiger charge is -2.55. The number of benzene rings is 1. The zero-order valence-electron chi connectivity index (χ0n) is 14.5. The SMILES string of the molecule is Cc1ccc2c(c1)C1(CCN([C@@H]3CC4CCCC[C@@H]43)CC1)CN2. The highest BCUT2D eigenvalue weighted by Gasteiger charge is 2.48. The molecule has 5 rings (SSSR count). The minimum atomic E-state index is 0.424. The fraction of sp³-hybridized carbons (Fsp3) is 0.714. The summed E-state index contributed by atoms with van der Waals surface area (Å²) in [5.41, 5.74) is 4.85. The monoisotopic (exact) mass is 310 g/mol. The van der Waals surface area contributed by atoms with Gasteiger partial charge in [0.15, 0.2) is 0 Å². The first kappa shape index (κ1) is 14.3. The fourth-order valence-corrected chi connectivity index (χ4v) is 6.08. The number of nitrogens with one attached hydrogen (secondary N) is 1. The van der Waals surface area contributed by atoms with E-state index >= 15 is 0 Å².